The van der Waals surface area contributed by atoms with E-state index in [1.54, 1.807) is 24.5 Å². The first-order valence-corrected chi connectivity index (χ1v) is 6.16. The van der Waals surface area contributed by atoms with E-state index in [9.17, 15) is 0 Å². The second-order valence-electron chi connectivity index (χ2n) is 3.17. The third-order valence-corrected chi connectivity index (χ3v) is 2.54. The van der Waals surface area contributed by atoms with Crippen LogP contribution in [0, 0.1) is 6.92 Å². The van der Waals surface area contributed by atoms with Crippen LogP contribution in [0.25, 0.3) is 11.3 Å². The molecule has 0 fully saturated rings. The minimum absolute atomic E-state index is 0.584. The zero-order chi connectivity index (χ0) is 12.8. The smallest absolute Gasteiger partial charge is 0.0900 e. The van der Waals surface area contributed by atoms with Crippen LogP contribution in [0.2, 0.25) is 10.0 Å². The lowest BCUT2D eigenvalue weighted by Crippen LogP contribution is -1.88. The standard InChI is InChI=1S/C11H8Cl2N2.C2H6/c1-7-5-15-11(6-14-7)9-3-2-8(12)4-10(9)13;1-2/h2-6H,1H3;1-2H3. The Morgan fingerprint density at radius 3 is 2.24 bits per heavy atom. The van der Waals surface area contributed by atoms with Gasteiger partial charge in [-0.15, -0.1) is 0 Å². The SMILES string of the molecule is CC.Cc1cnc(-c2ccc(Cl)cc2Cl)cn1. The van der Waals surface area contributed by atoms with Gasteiger partial charge in [0.1, 0.15) is 0 Å². The molecule has 0 radical (unpaired) electrons. The number of rotatable bonds is 1. The number of aryl methyl sites for hydroxylation is 1. The Hall–Kier alpha value is -1.12. The van der Waals surface area contributed by atoms with Crippen molar-refractivity contribution in [3.63, 3.8) is 0 Å². The molecule has 4 heteroatoms. The van der Waals surface area contributed by atoms with Crippen LogP contribution in [0.4, 0.5) is 0 Å². The van der Waals surface area contributed by atoms with Crippen LogP contribution in [0.15, 0.2) is 30.6 Å². The molecule has 1 aromatic heterocycles. The van der Waals surface area contributed by atoms with Gasteiger partial charge in [0.05, 0.1) is 22.6 Å². The van der Waals surface area contributed by atoms with Gasteiger partial charge >= 0.3 is 0 Å². The fourth-order valence-corrected chi connectivity index (χ4v) is 1.73. The van der Waals surface area contributed by atoms with Gasteiger partial charge in [0.15, 0.2) is 0 Å². The molecule has 2 nitrogen and oxygen atoms in total. The fraction of sp³-hybridized carbons (Fsp3) is 0.231. The van der Waals surface area contributed by atoms with E-state index < -0.39 is 0 Å². The van der Waals surface area contributed by atoms with Crippen LogP contribution in [0.1, 0.15) is 19.5 Å². The van der Waals surface area contributed by atoms with Crippen molar-refractivity contribution in [3.8, 4) is 11.3 Å². The Labute approximate surface area is 112 Å². The van der Waals surface area contributed by atoms with E-state index in [1.165, 1.54) is 0 Å². The molecular formula is C13H14Cl2N2. The molecule has 2 rings (SSSR count). The molecule has 0 aliphatic heterocycles. The Balaban J connectivity index is 0.000000686. The van der Waals surface area contributed by atoms with Crippen LogP contribution in [0.5, 0.6) is 0 Å². The lowest BCUT2D eigenvalue weighted by Gasteiger charge is -2.03. The molecule has 0 spiro atoms. The van der Waals surface area contributed by atoms with Crippen molar-refractivity contribution in [2.45, 2.75) is 20.8 Å². The number of nitrogens with zero attached hydrogens (tertiary/aromatic N) is 2. The average molecular weight is 269 g/mol. The minimum atomic E-state index is 0.584. The van der Waals surface area contributed by atoms with E-state index in [0.717, 1.165) is 17.0 Å². The van der Waals surface area contributed by atoms with Crippen molar-refractivity contribution in [2.75, 3.05) is 0 Å². The van der Waals surface area contributed by atoms with Crippen molar-refractivity contribution >= 4 is 23.2 Å². The second-order valence-corrected chi connectivity index (χ2v) is 4.01. The van der Waals surface area contributed by atoms with Gasteiger partial charge in [0.2, 0.25) is 0 Å². The van der Waals surface area contributed by atoms with Crippen LogP contribution < -0.4 is 0 Å². The molecule has 0 atom stereocenters. The molecule has 0 aliphatic rings. The molecule has 90 valence electrons. The number of aromatic nitrogens is 2. The van der Waals surface area contributed by atoms with Gasteiger partial charge in [0.25, 0.3) is 0 Å². The van der Waals surface area contributed by atoms with E-state index in [1.807, 2.05) is 26.8 Å². The summed E-state index contributed by atoms with van der Waals surface area (Å²) in [5.41, 5.74) is 2.47. The van der Waals surface area contributed by atoms with E-state index in [2.05, 4.69) is 9.97 Å². The van der Waals surface area contributed by atoms with E-state index in [-0.39, 0.29) is 0 Å². The summed E-state index contributed by atoms with van der Waals surface area (Å²) < 4.78 is 0. The first-order valence-electron chi connectivity index (χ1n) is 5.41. The topological polar surface area (TPSA) is 25.8 Å². The predicted molar refractivity (Wildman–Crippen MR) is 73.6 cm³/mol. The zero-order valence-electron chi connectivity index (χ0n) is 10.0. The van der Waals surface area contributed by atoms with Crippen molar-refractivity contribution < 1.29 is 0 Å². The monoisotopic (exact) mass is 268 g/mol. The van der Waals surface area contributed by atoms with Crippen molar-refractivity contribution in [1.82, 2.24) is 9.97 Å². The average Bonchev–Trinajstić information content (AvgIpc) is 2.33. The van der Waals surface area contributed by atoms with Gasteiger partial charge in [-0.25, -0.2) is 0 Å². The lowest BCUT2D eigenvalue weighted by molar-refractivity contribution is 1.12. The van der Waals surface area contributed by atoms with Gasteiger partial charge < -0.3 is 0 Å². The maximum atomic E-state index is 6.05. The Morgan fingerprint density at radius 2 is 1.71 bits per heavy atom. The third kappa shape index (κ3) is 3.69. The highest BCUT2D eigenvalue weighted by molar-refractivity contribution is 6.36. The Morgan fingerprint density at radius 1 is 1.00 bits per heavy atom. The summed E-state index contributed by atoms with van der Waals surface area (Å²) >= 11 is 11.9. The highest BCUT2D eigenvalue weighted by atomic mass is 35.5. The molecule has 0 amide bonds. The Bertz CT molecular complexity index is 481. The summed E-state index contributed by atoms with van der Waals surface area (Å²) in [4.78, 5) is 8.41. The normalized spacial score (nSPS) is 9.47. The summed E-state index contributed by atoms with van der Waals surface area (Å²) in [5, 5.41) is 1.20. The van der Waals surface area contributed by atoms with Crippen LogP contribution in [-0.2, 0) is 0 Å². The number of hydrogen-bond acceptors (Lipinski definition) is 2. The largest absolute Gasteiger partial charge is 0.258 e. The summed E-state index contributed by atoms with van der Waals surface area (Å²) in [6.07, 6.45) is 3.41. The van der Waals surface area contributed by atoms with Crippen molar-refractivity contribution in [1.29, 1.82) is 0 Å². The fourth-order valence-electron chi connectivity index (χ4n) is 1.23. The molecule has 0 bridgehead atoms. The Kier molecular flexibility index (Phi) is 5.39. The molecule has 0 N–H and O–H groups in total. The molecule has 0 saturated heterocycles. The summed E-state index contributed by atoms with van der Waals surface area (Å²) in [6.45, 7) is 5.89. The molecular weight excluding hydrogens is 255 g/mol. The quantitative estimate of drug-likeness (QED) is 0.744. The molecule has 0 saturated carbocycles. The van der Waals surface area contributed by atoms with Gasteiger partial charge in [-0.2, -0.15) is 0 Å². The van der Waals surface area contributed by atoms with E-state index in [4.69, 9.17) is 23.2 Å². The first-order chi connectivity index (χ1) is 8.16. The maximum absolute atomic E-state index is 6.05. The molecule has 17 heavy (non-hydrogen) atoms. The molecule has 2 aromatic rings. The van der Waals surface area contributed by atoms with Crippen molar-refractivity contribution in [3.05, 3.63) is 46.3 Å². The molecule has 1 heterocycles. The maximum Gasteiger partial charge on any atom is 0.0900 e. The molecule has 0 unspecified atom stereocenters. The second kappa shape index (κ2) is 6.58. The number of halogens is 2. The predicted octanol–water partition coefficient (Wildman–Crippen LogP) is 4.79. The van der Waals surface area contributed by atoms with Gasteiger partial charge in [-0.1, -0.05) is 37.0 Å². The highest BCUT2D eigenvalue weighted by Gasteiger charge is 2.05. The highest BCUT2D eigenvalue weighted by Crippen LogP contribution is 2.28. The van der Waals surface area contributed by atoms with Crippen LogP contribution in [0.3, 0.4) is 0 Å². The summed E-state index contributed by atoms with van der Waals surface area (Å²) in [6, 6.07) is 5.31. The van der Waals surface area contributed by atoms with Gasteiger partial charge in [0, 0.05) is 16.8 Å². The minimum Gasteiger partial charge on any atom is -0.258 e. The molecule has 1 aromatic carbocycles. The van der Waals surface area contributed by atoms with Gasteiger partial charge in [-0.3, -0.25) is 9.97 Å². The molecule has 0 aliphatic carbocycles. The van der Waals surface area contributed by atoms with E-state index in [0.29, 0.717) is 10.0 Å². The zero-order valence-corrected chi connectivity index (χ0v) is 11.5. The van der Waals surface area contributed by atoms with Crippen LogP contribution in [-0.4, -0.2) is 9.97 Å². The number of benzene rings is 1. The summed E-state index contributed by atoms with van der Waals surface area (Å²) in [5.74, 6) is 0. The lowest BCUT2D eigenvalue weighted by atomic mass is 10.1. The first kappa shape index (κ1) is 13.9. The third-order valence-electron chi connectivity index (χ3n) is 1.99. The van der Waals surface area contributed by atoms with Crippen LogP contribution >= 0.6 is 23.2 Å². The van der Waals surface area contributed by atoms with Gasteiger partial charge in [-0.05, 0) is 25.1 Å². The number of hydrogen-bond donors (Lipinski definition) is 0. The van der Waals surface area contributed by atoms with E-state index >= 15 is 0 Å². The summed E-state index contributed by atoms with van der Waals surface area (Å²) in [7, 11) is 0. The van der Waals surface area contributed by atoms with Crippen molar-refractivity contribution in [2.24, 2.45) is 0 Å².